The molecule has 0 aromatic carbocycles. The van der Waals surface area contributed by atoms with Gasteiger partial charge in [-0.25, -0.2) is 0 Å². The molecule has 1 saturated heterocycles. The zero-order chi connectivity index (χ0) is 5.98. The highest BCUT2D eigenvalue weighted by Crippen LogP contribution is 2.23. The van der Waals surface area contributed by atoms with Crippen molar-refractivity contribution < 1.29 is 4.74 Å². The van der Waals surface area contributed by atoms with Crippen LogP contribution in [0.5, 0.6) is 0 Å². The van der Waals surface area contributed by atoms with E-state index >= 15 is 0 Å². The standard InChI is InChI=1S/C5H11NOS/c1-6(2)4-8-5-3-7-5/h5H,3-4H2,1-2H3. The lowest BCUT2D eigenvalue weighted by Crippen LogP contribution is -2.10. The lowest BCUT2D eigenvalue weighted by molar-refractivity contribution is 0.453. The zero-order valence-electron chi connectivity index (χ0n) is 5.26. The molecule has 1 heterocycles. The number of ether oxygens (including phenoxy) is 1. The van der Waals surface area contributed by atoms with E-state index in [-0.39, 0.29) is 0 Å². The lowest BCUT2D eigenvalue weighted by Gasteiger charge is -2.05. The average molecular weight is 133 g/mol. The van der Waals surface area contributed by atoms with Crippen LogP contribution in [0.2, 0.25) is 0 Å². The first-order valence-corrected chi connectivity index (χ1v) is 3.72. The first-order valence-electron chi connectivity index (χ1n) is 2.67. The molecule has 0 radical (unpaired) electrons. The van der Waals surface area contributed by atoms with Crippen LogP contribution in [0.25, 0.3) is 0 Å². The summed E-state index contributed by atoms with van der Waals surface area (Å²) in [6.07, 6.45) is 0. The van der Waals surface area contributed by atoms with E-state index < -0.39 is 0 Å². The molecule has 0 aromatic rings. The third-order valence-corrected chi connectivity index (χ3v) is 2.13. The second-order valence-electron chi connectivity index (χ2n) is 2.14. The molecule has 0 bridgehead atoms. The Bertz CT molecular complexity index is 70.8. The van der Waals surface area contributed by atoms with Crippen molar-refractivity contribution in [3.05, 3.63) is 0 Å². The van der Waals surface area contributed by atoms with Crippen molar-refractivity contribution in [2.45, 2.75) is 5.44 Å². The van der Waals surface area contributed by atoms with E-state index in [0.717, 1.165) is 12.5 Å². The zero-order valence-corrected chi connectivity index (χ0v) is 6.07. The fourth-order valence-corrected chi connectivity index (χ4v) is 1.10. The molecule has 1 aliphatic heterocycles. The lowest BCUT2D eigenvalue weighted by atomic mass is 11.0. The predicted molar refractivity (Wildman–Crippen MR) is 35.9 cm³/mol. The summed E-state index contributed by atoms with van der Waals surface area (Å²) in [5.41, 5.74) is 0.511. The van der Waals surface area contributed by atoms with Crippen LogP contribution in [0.1, 0.15) is 0 Å². The first kappa shape index (κ1) is 6.39. The van der Waals surface area contributed by atoms with Crippen molar-refractivity contribution in [1.82, 2.24) is 4.90 Å². The van der Waals surface area contributed by atoms with Gasteiger partial charge in [0.05, 0.1) is 6.61 Å². The number of nitrogens with zero attached hydrogens (tertiary/aromatic N) is 1. The van der Waals surface area contributed by atoms with E-state index in [9.17, 15) is 0 Å². The van der Waals surface area contributed by atoms with Crippen molar-refractivity contribution in [2.24, 2.45) is 0 Å². The maximum Gasteiger partial charge on any atom is 0.128 e. The molecule has 0 saturated carbocycles. The predicted octanol–water partition coefficient (Wildman–Crippen LogP) is 0.595. The molecular formula is C5H11NOS. The quantitative estimate of drug-likeness (QED) is 0.414. The molecule has 2 nitrogen and oxygen atoms in total. The molecule has 8 heavy (non-hydrogen) atoms. The van der Waals surface area contributed by atoms with Crippen molar-refractivity contribution in [3.63, 3.8) is 0 Å². The summed E-state index contributed by atoms with van der Waals surface area (Å²) in [7, 11) is 4.13. The van der Waals surface area contributed by atoms with Crippen LogP contribution in [0.4, 0.5) is 0 Å². The van der Waals surface area contributed by atoms with E-state index in [1.54, 1.807) is 0 Å². The first-order chi connectivity index (χ1) is 3.79. The van der Waals surface area contributed by atoms with Crippen molar-refractivity contribution in [3.8, 4) is 0 Å². The molecule has 48 valence electrons. The molecule has 1 fully saturated rings. The Morgan fingerprint density at radius 2 is 2.38 bits per heavy atom. The minimum Gasteiger partial charge on any atom is -0.361 e. The SMILES string of the molecule is CN(C)CSC1CO1. The van der Waals surface area contributed by atoms with Gasteiger partial charge in [-0.15, -0.1) is 11.8 Å². The number of rotatable bonds is 3. The Balaban J connectivity index is 1.87. The monoisotopic (exact) mass is 133 g/mol. The van der Waals surface area contributed by atoms with Gasteiger partial charge in [0.25, 0.3) is 0 Å². The molecule has 0 spiro atoms. The highest BCUT2D eigenvalue weighted by Gasteiger charge is 2.22. The van der Waals surface area contributed by atoms with Gasteiger partial charge in [0.15, 0.2) is 0 Å². The van der Waals surface area contributed by atoms with Gasteiger partial charge in [0.1, 0.15) is 5.44 Å². The minimum absolute atomic E-state index is 0.511. The maximum atomic E-state index is 5.00. The summed E-state index contributed by atoms with van der Waals surface area (Å²) in [6.45, 7) is 0.957. The van der Waals surface area contributed by atoms with Gasteiger partial charge in [-0.05, 0) is 14.1 Å². The van der Waals surface area contributed by atoms with Gasteiger partial charge in [-0.3, -0.25) is 0 Å². The second-order valence-corrected chi connectivity index (χ2v) is 3.26. The van der Waals surface area contributed by atoms with Crippen molar-refractivity contribution in [1.29, 1.82) is 0 Å². The molecule has 1 aliphatic rings. The Morgan fingerprint density at radius 3 is 2.75 bits per heavy atom. The molecule has 1 rings (SSSR count). The Morgan fingerprint density at radius 1 is 1.75 bits per heavy atom. The van der Waals surface area contributed by atoms with Crippen LogP contribution in [0.3, 0.4) is 0 Å². The summed E-state index contributed by atoms with van der Waals surface area (Å²) < 4.78 is 5.00. The summed E-state index contributed by atoms with van der Waals surface area (Å²) in [5, 5.41) is 0. The highest BCUT2D eigenvalue weighted by molar-refractivity contribution is 7.99. The maximum absolute atomic E-state index is 5.00. The van der Waals surface area contributed by atoms with Crippen LogP contribution in [-0.2, 0) is 4.74 Å². The summed E-state index contributed by atoms with van der Waals surface area (Å²) in [6, 6.07) is 0. The number of thioether (sulfide) groups is 1. The third-order valence-electron chi connectivity index (χ3n) is 0.821. The number of hydrogen-bond donors (Lipinski definition) is 0. The van der Waals surface area contributed by atoms with E-state index in [0.29, 0.717) is 5.44 Å². The van der Waals surface area contributed by atoms with Crippen LogP contribution in [-0.4, -0.2) is 36.9 Å². The highest BCUT2D eigenvalue weighted by atomic mass is 32.2. The van der Waals surface area contributed by atoms with Crippen LogP contribution in [0, 0.1) is 0 Å². The molecule has 3 heteroatoms. The molecule has 0 N–H and O–H groups in total. The second kappa shape index (κ2) is 2.71. The molecular weight excluding hydrogens is 122 g/mol. The van der Waals surface area contributed by atoms with Crippen LogP contribution < -0.4 is 0 Å². The fourth-order valence-electron chi connectivity index (χ4n) is 0.368. The number of hydrogen-bond acceptors (Lipinski definition) is 3. The van der Waals surface area contributed by atoms with E-state index in [4.69, 9.17) is 4.74 Å². The molecule has 1 unspecified atom stereocenters. The van der Waals surface area contributed by atoms with Gasteiger partial charge >= 0.3 is 0 Å². The van der Waals surface area contributed by atoms with Gasteiger partial charge in [0, 0.05) is 5.88 Å². The molecule has 0 amide bonds. The van der Waals surface area contributed by atoms with E-state index in [2.05, 4.69) is 19.0 Å². The van der Waals surface area contributed by atoms with Crippen LogP contribution in [0.15, 0.2) is 0 Å². The Kier molecular flexibility index (Phi) is 2.16. The largest absolute Gasteiger partial charge is 0.361 e. The van der Waals surface area contributed by atoms with Gasteiger partial charge in [0.2, 0.25) is 0 Å². The summed E-state index contributed by atoms with van der Waals surface area (Å²) in [4.78, 5) is 2.15. The summed E-state index contributed by atoms with van der Waals surface area (Å²) in [5.74, 6) is 1.07. The van der Waals surface area contributed by atoms with E-state index in [1.165, 1.54) is 0 Å². The Labute approximate surface area is 54.2 Å². The molecule has 0 aliphatic carbocycles. The molecule has 1 atom stereocenters. The third kappa shape index (κ3) is 2.55. The molecule has 0 aromatic heterocycles. The van der Waals surface area contributed by atoms with E-state index in [1.807, 2.05) is 11.8 Å². The Hall–Kier alpha value is 0.270. The van der Waals surface area contributed by atoms with Crippen LogP contribution >= 0.6 is 11.8 Å². The average Bonchev–Trinajstić information content (AvgIpc) is 2.41. The topological polar surface area (TPSA) is 15.8 Å². The van der Waals surface area contributed by atoms with Crippen molar-refractivity contribution >= 4 is 11.8 Å². The fraction of sp³-hybridized carbons (Fsp3) is 1.00. The normalized spacial score (nSPS) is 26.6. The number of epoxide rings is 1. The van der Waals surface area contributed by atoms with Crippen molar-refractivity contribution in [2.75, 3.05) is 26.6 Å². The minimum atomic E-state index is 0.511. The van der Waals surface area contributed by atoms with Gasteiger partial charge < -0.3 is 9.64 Å². The summed E-state index contributed by atoms with van der Waals surface area (Å²) >= 11 is 1.85. The van der Waals surface area contributed by atoms with Gasteiger partial charge in [-0.1, -0.05) is 0 Å². The van der Waals surface area contributed by atoms with Gasteiger partial charge in [-0.2, -0.15) is 0 Å². The smallest absolute Gasteiger partial charge is 0.128 e.